The van der Waals surface area contributed by atoms with Crippen LogP contribution in [0.4, 0.5) is 17.6 Å². The third-order valence-electron chi connectivity index (χ3n) is 2.16. The molecule has 0 saturated carbocycles. The number of hydrogen-bond acceptors (Lipinski definition) is 1. The highest BCUT2D eigenvalue weighted by Crippen LogP contribution is 2.32. The van der Waals surface area contributed by atoms with Crippen LogP contribution in [0, 0.1) is 5.82 Å². The van der Waals surface area contributed by atoms with Crippen LogP contribution in [-0.4, -0.2) is 13.6 Å². The van der Waals surface area contributed by atoms with Crippen LogP contribution >= 0.6 is 0 Å². The minimum absolute atomic E-state index is 0.339. The van der Waals surface area contributed by atoms with E-state index in [1.165, 1.54) is 6.07 Å². The molecule has 1 rings (SSSR count). The molecule has 0 spiro atoms. The first-order valence-electron chi connectivity index (χ1n) is 5.03. The normalized spacial score (nSPS) is 12.9. The molecule has 0 atom stereocenters. The summed E-state index contributed by atoms with van der Waals surface area (Å²) in [6.45, 7) is 2.35. The molecular weight excluding hydrogens is 234 g/mol. The number of halogens is 4. The van der Waals surface area contributed by atoms with Gasteiger partial charge in [0.15, 0.2) is 0 Å². The maximum absolute atomic E-state index is 13.0. The van der Waals surface area contributed by atoms with Crippen LogP contribution in [0.1, 0.15) is 18.1 Å². The quantitative estimate of drug-likeness (QED) is 0.806. The van der Waals surface area contributed by atoms with Gasteiger partial charge in [0, 0.05) is 6.54 Å². The SMILES string of the molecule is CNC/C(C)=C/c1ccc(F)c(C(F)(F)F)c1. The molecule has 0 aliphatic rings. The Morgan fingerprint density at radius 1 is 1.35 bits per heavy atom. The highest BCUT2D eigenvalue weighted by atomic mass is 19.4. The lowest BCUT2D eigenvalue weighted by atomic mass is 10.1. The fraction of sp³-hybridized carbons (Fsp3) is 0.333. The highest BCUT2D eigenvalue weighted by Gasteiger charge is 2.33. The molecule has 1 nitrogen and oxygen atoms in total. The van der Waals surface area contributed by atoms with Gasteiger partial charge in [0.2, 0.25) is 0 Å². The van der Waals surface area contributed by atoms with Crippen LogP contribution in [0.2, 0.25) is 0 Å². The largest absolute Gasteiger partial charge is 0.419 e. The van der Waals surface area contributed by atoms with Crippen LogP contribution in [0.25, 0.3) is 6.08 Å². The standard InChI is InChI=1S/C12H13F4N/c1-8(7-17-2)5-9-3-4-11(13)10(6-9)12(14,15)16/h3-6,17H,7H2,1-2H3/b8-5+. The maximum atomic E-state index is 13.0. The lowest BCUT2D eigenvalue weighted by Crippen LogP contribution is -2.09. The molecule has 1 aromatic carbocycles. The summed E-state index contributed by atoms with van der Waals surface area (Å²) in [5.74, 6) is -1.25. The van der Waals surface area contributed by atoms with Gasteiger partial charge in [-0.15, -0.1) is 0 Å². The zero-order chi connectivity index (χ0) is 13.1. The Labute approximate surface area is 97.1 Å². The van der Waals surface area contributed by atoms with Crippen molar-refractivity contribution in [1.82, 2.24) is 5.32 Å². The van der Waals surface area contributed by atoms with E-state index in [1.54, 1.807) is 20.0 Å². The molecule has 0 aliphatic heterocycles. The van der Waals surface area contributed by atoms with Crippen LogP contribution in [-0.2, 0) is 6.18 Å². The Bertz CT molecular complexity index is 421. The van der Waals surface area contributed by atoms with Crippen molar-refractivity contribution in [1.29, 1.82) is 0 Å². The Kier molecular flexibility index (Phi) is 4.28. The van der Waals surface area contributed by atoms with Gasteiger partial charge >= 0.3 is 6.18 Å². The number of benzene rings is 1. The monoisotopic (exact) mass is 247 g/mol. The molecule has 0 saturated heterocycles. The van der Waals surface area contributed by atoms with E-state index in [9.17, 15) is 17.6 Å². The number of hydrogen-bond donors (Lipinski definition) is 1. The van der Waals surface area contributed by atoms with Crippen molar-refractivity contribution in [3.05, 3.63) is 40.7 Å². The molecule has 1 N–H and O–H groups in total. The van der Waals surface area contributed by atoms with Crippen molar-refractivity contribution in [3.8, 4) is 0 Å². The van der Waals surface area contributed by atoms with E-state index in [-0.39, 0.29) is 0 Å². The van der Waals surface area contributed by atoms with Crippen molar-refractivity contribution in [2.24, 2.45) is 0 Å². The average Bonchev–Trinajstić information content (AvgIpc) is 2.19. The molecule has 0 radical (unpaired) electrons. The van der Waals surface area contributed by atoms with E-state index in [2.05, 4.69) is 5.32 Å². The van der Waals surface area contributed by atoms with Gasteiger partial charge in [0.05, 0.1) is 5.56 Å². The van der Waals surface area contributed by atoms with E-state index in [0.717, 1.165) is 17.7 Å². The van der Waals surface area contributed by atoms with Gasteiger partial charge in [-0.3, -0.25) is 0 Å². The lowest BCUT2D eigenvalue weighted by Gasteiger charge is -2.09. The fourth-order valence-corrected chi connectivity index (χ4v) is 1.46. The zero-order valence-corrected chi connectivity index (χ0v) is 9.53. The molecule has 0 aliphatic carbocycles. The van der Waals surface area contributed by atoms with Gasteiger partial charge in [-0.05, 0) is 31.7 Å². The molecule has 5 heteroatoms. The van der Waals surface area contributed by atoms with Crippen molar-refractivity contribution in [3.63, 3.8) is 0 Å². The summed E-state index contributed by atoms with van der Waals surface area (Å²) < 4.78 is 50.3. The third kappa shape index (κ3) is 3.85. The second-order valence-electron chi connectivity index (χ2n) is 3.76. The average molecular weight is 247 g/mol. The first kappa shape index (κ1) is 13.7. The predicted molar refractivity (Wildman–Crippen MR) is 59.0 cm³/mol. The number of likely N-dealkylation sites (N-methyl/N-ethyl adjacent to an activating group) is 1. The summed E-state index contributed by atoms with van der Waals surface area (Å²) in [6, 6.07) is 2.97. The number of alkyl halides is 3. The lowest BCUT2D eigenvalue weighted by molar-refractivity contribution is -0.140. The van der Waals surface area contributed by atoms with Crippen LogP contribution in [0.5, 0.6) is 0 Å². The van der Waals surface area contributed by atoms with Gasteiger partial charge in [-0.1, -0.05) is 17.7 Å². The van der Waals surface area contributed by atoms with E-state index in [1.807, 2.05) is 0 Å². The Morgan fingerprint density at radius 2 is 2.00 bits per heavy atom. The molecule has 0 bridgehead atoms. The van der Waals surface area contributed by atoms with E-state index in [4.69, 9.17) is 0 Å². The van der Waals surface area contributed by atoms with Crippen LogP contribution < -0.4 is 5.32 Å². The van der Waals surface area contributed by atoms with Crippen molar-refractivity contribution >= 4 is 6.08 Å². The third-order valence-corrected chi connectivity index (χ3v) is 2.16. The molecule has 0 heterocycles. The summed E-state index contributed by atoms with van der Waals surface area (Å²) in [5, 5.41) is 2.88. The Balaban J connectivity index is 3.09. The van der Waals surface area contributed by atoms with Crippen molar-refractivity contribution in [2.45, 2.75) is 13.1 Å². The minimum Gasteiger partial charge on any atom is -0.316 e. The molecule has 94 valence electrons. The van der Waals surface area contributed by atoms with Gasteiger partial charge in [0.1, 0.15) is 5.82 Å². The van der Waals surface area contributed by atoms with E-state index < -0.39 is 17.6 Å². The summed E-state index contributed by atoms with van der Waals surface area (Å²) in [4.78, 5) is 0. The first-order chi connectivity index (χ1) is 7.84. The molecule has 1 aromatic rings. The maximum Gasteiger partial charge on any atom is 0.419 e. The second kappa shape index (κ2) is 5.31. The summed E-state index contributed by atoms with van der Waals surface area (Å²) in [7, 11) is 1.74. The summed E-state index contributed by atoms with van der Waals surface area (Å²) >= 11 is 0. The highest BCUT2D eigenvalue weighted by molar-refractivity contribution is 5.54. The summed E-state index contributed by atoms with van der Waals surface area (Å²) in [5.41, 5.74) is -0.0257. The predicted octanol–water partition coefficient (Wildman–Crippen LogP) is 3.47. The molecular formula is C12H13F4N. The smallest absolute Gasteiger partial charge is 0.316 e. The molecule has 0 amide bonds. The van der Waals surface area contributed by atoms with Crippen LogP contribution in [0.3, 0.4) is 0 Å². The minimum atomic E-state index is -4.66. The van der Waals surface area contributed by atoms with Gasteiger partial charge in [-0.2, -0.15) is 13.2 Å². The van der Waals surface area contributed by atoms with E-state index >= 15 is 0 Å². The van der Waals surface area contributed by atoms with Crippen molar-refractivity contribution in [2.75, 3.05) is 13.6 Å². The van der Waals surface area contributed by atoms with Gasteiger partial charge in [0.25, 0.3) is 0 Å². The van der Waals surface area contributed by atoms with Crippen molar-refractivity contribution < 1.29 is 17.6 Å². The Hall–Kier alpha value is -1.36. The molecule has 0 fully saturated rings. The summed E-state index contributed by atoms with van der Waals surface area (Å²) in [6.07, 6.45) is -3.07. The Morgan fingerprint density at radius 3 is 2.53 bits per heavy atom. The zero-order valence-electron chi connectivity index (χ0n) is 9.53. The topological polar surface area (TPSA) is 12.0 Å². The number of rotatable bonds is 3. The first-order valence-corrected chi connectivity index (χ1v) is 5.03. The molecule has 17 heavy (non-hydrogen) atoms. The van der Waals surface area contributed by atoms with Gasteiger partial charge < -0.3 is 5.32 Å². The number of nitrogens with one attached hydrogen (secondary N) is 1. The van der Waals surface area contributed by atoms with Gasteiger partial charge in [-0.25, -0.2) is 4.39 Å². The molecule has 0 aromatic heterocycles. The second-order valence-corrected chi connectivity index (χ2v) is 3.76. The van der Waals surface area contributed by atoms with E-state index in [0.29, 0.717) is 12.1 Å². The van der Waals surface area contributed by atoms with Crippen LogP contribution in [0.15, 0.2) is 23.8 Å². The molecule has 0 unspecified atom stereocenters. The fourth-order valence-electron chi connectivity index (χ4n) is 1.46.